The number of thioether (sulfide) groups is 1. The van der Waals surface area contributed by atoms with Crippen molar-refractivity contribution in [3.8, 4) is 0 Å². The molecule has 0 spiro atoms. The van der Waals surface area contributed by atoms with E-state index in [0.29, 0.717) is 16.9 Å². The first-order chi connectivity index (χ1) is 10.9. The highest BCUT2D eigenvalue weighted by atomic mass is 32.2. The molecule has 2 saturated heterocycles. The van der Waals surface area contributed by atoms with E-state index < -0.39 is 28.8 Å². The molecule has 1 aromatic carbocycles. The molecule has 2 aliphatic rings. The van der Waals surface area contributed by atoms with Gasteiger partial charge in [0.05, 0.1) is 0 Å². The van der Waals surface area contributed by atoms with Crippen LogP contribution in [0.2, 0.25) is 0 Å². The first-order valence-electron chi connectivity index (χ1n) is 7.08. The number of carbonyl (C=O) groups is 3. The molecule has 2 aliphatic heterocycles. The summed E-state index contributed by atoms with van der Waals surface area (Å²) in [6, 6.07) is 7.89. The highest BCUT2D eigenvalue weighted by Gasteiger charge is 2.67. The van der Waals surface area contributed by atoms with Crippen LogP contribution in [0.15, 0.2) is 42.5 Å². The number of carbonyl (C=O) groups excluding carboxylic acids is 2. The first-order valence-corrected chi connectivity index (χ1v) is 8.13. The van der Waals surface area contributed by atoms with Crippen LogP contribution in [0.4, 0.5) is 0 Å². The van der Waals surface area contributed by atoms with Crippen LogP contribution in [0, 0.1) is 0 Å². The number of nitrogens with one attached hydrogen (secondary N) is 1. The Kier molecular flexibility index (Phi) is 3.68. The largest absolute Gasteiger partial charge is 0.479 e. The lowest BCUT2D eigenvalue weighted by Crippen LogP contribution is -2.80. The second-order valence-corrected chi connectivity index (χ2v) is 6.70. The van der Waals surface area contributed by atoms with Crippen molar-refractivity contribution in [3.05, 3.63) is 48.0 Å². The molecule has 2 amide bonds. The maximum absolute atomic E-state index is 12.9. The van der Waals surface area contributed by atoms with Gasteiger partial charge in [-0.05, 0) is 11.1 Å². The molecule has 1 aromatic rings. The van der Waals surface area contributed by atoms with Gasteiger partial charge in [-0.1, -0.05) is 36.9 Å². The van der Waals surface area contributed by atoms with Gasteiger partial charge < -0.3 is 15.3 Å². The van der Waals surface area contributed by atoms with Gasteiger partial charge in [-0.3, -0.25) is 9.59 Å². The second kappa shape index (κ2) is 5.42. The van der Waals surface area contributed by atoms with Gasteiger partial charge in [0.2, 0.25) is 5.91 Å². The van der Waals surface area contributed by atoms with Gasteiger partial charge in [-0.2, -0.15) is 0 Å². The summed E-state index contributed by atoms with van der Waals surface area (Å²) in [5, 5.41) is 11.7. The van der Waals surface area contributed by atoms with E-state index in [2.05, 4.69) is 11.9 Å². The predicted molar refractivity (Wildman–Crippen MR) is 85.6 cm³/mol. The average molecular weight is 332 g/mol. The number of rotatable bonds is 3. The van der Waals surface area contributed by atoms with E-state index in [1.807, 2.05) is 6.07 Å². The molecule has 7 heteroatoms. The van der Waals surface area contributed by atoms with Crippen molar-refractivity contribution in [2.24, 2.45) is 0 Å². The number of carboxylic acids is 1. The van der Waals surface area contributed by atoms with E-state index in [9.17, 15) is 19.5 Å². The minimum atomic E-state index is -1.22. The molecule has 3 atom stereocenters. The zero-order chi connectivity index (χ0) is 16.8. The van der Waals surface area contributed by atoms with E-state index in [0.717, 1.165) is 0 Å². The Morgan fingerprint density at radius 2 is 2.04 bits per heavy atom. The Hall–Kier alpha value is -2.28. The molecule has 0 aromatic heterocycles. The average Bonchev–Trinajstić information content (AvgIpc) is 2.52. The summed E-state index contributed by atoms with van der Waals surface area (Å²) in [4.78, 5) is 37.4. The summed E-state index contributed by atoms with van der Waals surface area (Å²) in [6.45, 7) is 5.12. The smallest absolute Gasteiger partial charge is 0.330 e. The molecule has 3 rings (SSSR count). The number of carboxylic acid groups (broad SMARTS) is 1. The summed E-state index contributed by atoms with van der Waals surface area (Å²) in [5.41, 5.74) is -0.0752. The Balaban J connectivity index is 2.07. The summed E-state index contributed by atoms with van der Waals surface area (Å²) < 4.78 is 0. The maximum Gasteiger partial charge on any atom is 0.330 e. The van der Waals surface area contributed by atoms with Crippen LogP contribution in [0.25, 0.3) is 0 Å². The van der Waals surface area contributed by atoms with Gasteiger partial charge in [0, 0.05) is 12.7 Å². The number of hydrogen-bond donors (Lipinski definition) is 2. The summed E-state index contributed by atoms with van der Waals surface area (Å²) in [7, 11) is 0. The van der Waals surface area contributed by atoms with Gasteiger partial charge in [-0.15, -0.1) is 11.8 Å². The van der Waals surface area contributed by atoms with E-state index in [1.54, 1.807) is 24.3 Å². The van der Waals surface area contributed by atoms with Crippen molar-refractivity contribution in [1.29, 1.82) is 0 Å². The normalized spacial score (nSPS) is 29.5. The van der Waals surface area contributed by atoms with E-state index in [4.69, 9.17) is 0 Å². The van der Waals surface area contributed by atoms with E-state index in [1.165, 1.54) is 23.6 Å². The molecule has 2 heterocycles. The fourth-order valence-corrected chi connectivity index (χ4v) is 4.66. The minimum absolute atomic E-state index is 0.335. The zero-order valence-electron chi connectivity index (χ0n) is 12.5. The van der Waals surface area contributed by atoms with E-state index in [-0.39, 0.29) is 5.91 Å². The predicted octanol–water partition coefficient (Wildman–Crippen LogP) is 0.943. The molecule has 0 bridgehead atoms. The van der Waals surface area contributed by atoms with Gasteiger partial charge in [0.15, 0.2) is 11.6 Å². The fourth-order valence-electron chi connectivity index (χ4n) is 3.20. The van der Waals surface area contributed by atoms with Crippen molar-refractivity contribution in [1.82, 2.24) is 10.2 Å². The number of hydrogen-bond acceptors (Lipinski definition) is 4. The molecule has 120 valence electrons. The van der Waals surface area contributed by atoms with Crippen LogP contribution in [0.1, 0.15) is 12.5 Å². The van der Waals surface area contributed by atoms with Crippen molar-refractivity contribution in [3.63, 3.8) is 0 Å². The standard InChI is InChI=1S/C16H16N2O4S/c1-9-8-23-15-16(17-10(2)19,11-6-4-3-5-7-11)14(22)18(15)12(9)13(20)21/h3-7,12,15H,1,8H2,2H3,(H,17,19)(H,20,21)/t12-,15-,16-/m1/s1. The number of nitrogens with zero attached hydrogens (tertiary/aromatic N) is 1. The van der Waals surface area contributed by atoms with Gasteiger partial charge in [0.1, 0.15) is 5.37 Å². The summed E-state index contributed by atoms with van der Waals surface area (Å²) in [5.74, 6) is -1.42. The van der Waals surface area contributed by atoms with Gasteiger partial charge in [0.25, 0.3) is 5.91 Å². The van der Waals surface area contributed by atoms with Crippen LogP contribution >= 0.6 is 11.8 Å². The second-order valence-electron chi connectivity index (χ2n) is 5.63. The molecule has 2 fully saturated rings. The molecule has 6 nitrogen and oxygen atoms in total. The monoisotopic (exact) mass is 332 g/mol. The number of benzene rings is 1. The molecule has 0 radical (unpaired) electrons. The van der Waals surface area contributed by atoms with Gasteiger partial charge in [-0.25, -0.2) is 4.79 Å². The third-order valence-corrected chi connectivity index (χ3v) is 5.56. The van der Waals surface area contributed by atoms with Crippen LogP contribution in [0.5, 0.6) is 0 Å². The number of β-lactam (4-membered cyclic amide) rings is 1. The highest BCUT2D eigenvalue weighted by Crippen LogP contribution is 2.50. The Bertz CT molecular complexity index is 705. The minimum Gasteiger partial charge on any atom is -0.479 e. The lowest BCUT2D eigenvalue weighted by atomic mass is 9.78. The van der Waals surface area contributed by atoms with Crippen molar-refractivity contribution >= 4 is 29.5 Å². The Morgan fingerprint density at radius 1 is 1.39 bits per heavy atom. The summed E-state index contributed by atoms with van der Waals surface area (Å²) in [6.07, 6.45) is 0. The Morgan fingerprint density at radius 3 is 2.61 bits per heavy atom. The number of fused-ring (bicyclic) bond motifs is 1. The zero-order valence-corrected chi connectivity index (χ0v) is 13.3. The number of aliphatic carboxylic acids is 1. The van der Waals surface area contributed by atoms with Gasteiger partial charge >= 0.3 is 5.97 Å². The lowest BCUT2D eigenvalue weighted by Gasteiger charge is -2.59. The fraction of sp³-hybridized carbons (Fsp3) is 0.312. The molecule has 0 saturated carbocycles. The molecule has 2 N–H and O–H groups in total. The topological polar surface area (TPSA) is 86.7 Å². The SMILES string of the molecule is C=C1CS[C@H]2N(C(=O)[C@]2(NC(C)=O)c2ccccc2)[C@H]1C(=O)O. The molecular formula is C16H16N2O4S. The van der Waals surface area contributed by atoms with Crippen LogP contribution in [0.3, 0.4) is 0 Å². The third kappa shape index (κ3) is 2.15. The van der Waals surface area contributed by atoms with Crippen LogP contribution in [-0.4, -0.2) is 45.0 Å². The molecule has 0 aliphatic carbocycles. The van der Waals surface area contributed by atoms with Crippen molar-refractivity contribution in [2.45, 2.75) is 23.9 Å². The number of amides is 2. The first kappa shape index (κ1) is 15.6. The van der Waals surface area contributed by atoms with Crippen molar-refractivity contribution < 1.29 is 19.5 Å². The van der Waals surface area contributed by atoms with E-state index >= 15 is 0 Å². The molecular weight excluding hydrogens is 316 g/mol. The maximum atomic E-state index is 12.9. The van der Waals surface area contributed by atoms with Crippen LogP contribution in [-0.2, 0) is 19.9 Å². The summed E-state index contributed by atoms with van der Waals surface area (Å²) >= 11 is 1.42. The molecule has 23 heavy (non-hydrogen) atoms. The van der Waals surface area contributed by atoms with Crippen molar-refractivity contribution in [2.75, 3.05) is 5.75 Å². The Labute approximate surface area is 137 Å². The molecule has 0 unspecified atom stereocenters. The lowest BCUT2D eigenvalue weighted by molar-refractivity contribution is -0.169. The third-order valence-electron chi connectivity index (χ3n) is 4.12. The highest BCUT2D eigenvalue weighted by molar-refractivity contribution is 8.00. The van der Waals surface area contributed by atoms with Crippen LogP contribution < -0.4 is 5.32 Å². The quantitative estimate of drug-likeness (QED) is 0.635.